The van der Waals surface area contributed by atoms with E-state index in [4.69, 9.17) is 0 Å². The van der Waals surface area contributed by atoms with Gasteiger partial charge in [0.05, 0.1) is 10.6 Å². The molecule has 1 amide bonds. The first-order valence-electron chi connectivity index (χ1n) is 10.5. The number of nitrogens with zero attached hydrogens (tertiary/aromatic N) is 2. The Bertz CT molecular complexity index is 1010. The van der Waals surface area contributed by atoms with Crippen LogP contribution in [0.1, 0.15) is 32.8 Å². The second-order valence-electron chi connectivity index (χ2n) is 8.74. The lowest BCUT2D eigenvalue weighted by Gasteiger charge is -2.36. The smallest absolute Gasteiger partial charge is 0.240 e. The van der Waals surface area contributed by atoms with Crippen molar-refractivity contribution in [2.75, 3.05) is 37.6 Å². The average Bonchev–Trinajstić information content (AvgIpc) is 2.73. The lowest BCUT2D eigenvalue weighted by atomic mass is 9.87. The van der Waals surface area contributed by atoms with E-state index in [-0.39, 0.29) is 35.0 Å². The summed E-state index contributed by atoms with van der Waals surface area (Å²) in [7, 11) is -3.67. The van der Waals surface area contributed by atoms with Crippen molar-refractivity contribution >= 4 is 21.6 Å². The molecule has 3 rings (SSSR count). The van der Waals surface area contributed by atoms with E-state index in [0.29, 0.717) is 31.9 Å². The van der Waals surface area contributed by atoms with Crippen LogP contribution in [0, 0.1) is 5.82 Å². The molecule has 0 unspecified atom stereocenters. The number of halogens is 1. The highest BCUT2D eigenvalue weighted by molar-refractivity contribution is 7.89. The largest absolute Gasteiger partial charge is 0.366 e. The number of amides is 1. The summed E-state index contributed by atoms with van der Waals surface area (Å²) in [5.41, 5.74) is 1.54. The van der Waals surface area contributed by atoms with Crippen molar-refractivity contribution in [3.8, 4) is 0 Å². The van der Waals surface area contributed by atoms with Crippen molar-refractivity contribution in [1.82, 2.24) is 9.62 Å². The predicted octanol–water partition coefficient (Wildman–Crippen LogP) is 3.14. The maximum absolute atomic E-state index is 13.9. The molecule has 0 atom stereocenters. The van der Waals surface area contributed by atoms with Crippen LogP contribution in [0.4, 0.5) is 10.1 Å². The summed E-state index contributed by atoms with van der Waals surface area (Å²) in [5.74, 6) is -0.383. The Balaban J connectivity index is 1.48. The average molecular weight is 448 g/mol. The zero-order chi connectivity index (χ0) is 22.6. The number of hydrogen-bond acceptors (Lipinski definition) is 4. The third kappa shape index (κ3) is 5.83. The van der Waals surface area contributed by atoms with Gasteiger partial charge in [0.1, 0.15) is 5.82 Å². The molecule has 2 aromatic carbocycles. The van der Waals surface area contributed by atoms with Crippen LogP contribution < -0.4 is 9.62 Å². The number of hydrogen-bond donors (Lipinski definition) is 1. The lowest BCUT2D eigenvalue weighted by Crippen LogP contribution is -2.49. The molecule has 0 bridgehead atoms. The molecule has 8 heteroatoms. The highest BCUT2D eigenvalue weighted by Gasteiger charge is 2.23. The van der Waals surface area contributed by atoms with Crippen LogP contribution in [-0.2, 0) is 20.2 Å². The summed E-state index contributed by atoms with van der Waals surface area (Å²) in [4.78, 5) is 16.3. The van der Waals surface area contributed by atoms with Crippen LogP contribution in [0.25, 0.3) is 0 Å². The molecule has 0 aromatic heterocycles. The molecule has 31 heavy (non-hydrogen) atoms. The first-order valence-corrected chi connectivity index (χ1v) is 11.9. The van der Waals surface area contributed by atoms with E-state index in [9.17, 15) is 17.6 Å². The summed E-state index contributed by atoms with van der Waals surface area (Å²) in [6.45, 7) is 8.28. The molecule has 1 heterocycles. The molecule has 1 aliphatic heterocycles. The van der Waals surface area contributed by atoms with Crippen LogP contribution >= 0.6 is 0 Å². The maximum Gasteiger partial charge on any atom is 0.240 e. The van der Waals surface area contributed by atoms with E-state index in [1.54, 1.807) is 35.2 Å². The lowest BCUT2D eigenvalue weighted by molar-refractivity contribution is -0.131. The van der Waals surface area contributed by atoms with Gasteiger partial charge in [-0.2, -0.15) is 0 Å². The minimum absolute atomic E-state index is 0.0374. The van der Waals surface area contributed by atoms with Crippen LogP contribution in [0.5, 0.6) is 0 Å². The van der Waals surface area contributed by atoms with Crippen molar-refractivity contribution < 1.29 is 17.6 Å². The summed E-state index contributed by atoms with van der Waals surface area (Å²) < 4.78 is 41.5. The standard InChI is InChI=1S/C23H30FN3O3S/c1-23(2,3)18-8-10-19(11-9-18)31(29,30)25-13-12-22(28)27-16-14-26(15-17-27)21-7-5-4-6-20(21)24/h4-11,25H,12-17H2,1-3H3. The van der Waals surface area contributed by atoms with Crippen molar-refractivity contribution in [1.29, 1.82) is 0 Å². The van der Waals surface area contributed by atoms with Crippen molar-refractivity contribution in [2.45, 2.75) is 37.5 Å². The van der Waals surface area contributed by atoms with Crippen LogP contribution in [-0.4, -0.2) is 51.9 Å². The molecule has 6 nitrogen and oxygen atoms in total. The summed E-state index contributed by atoms with van der Waals surface area (Å²) >= 11 is 0. The Labute approximate surface area is 184 Å². The van der Waals surface area contributed by atoms with Gasteiger partial charge in [0.25, 0.3) is 0 Å². The molecular weight excluding hydrogens is 417 g/mol. The highest BCUT2D eigenvalue weighted by atomic mass is 32.2. The number of benzene rings is 2. The molecule has 0 spiro atoms. The molecule has 0 radical (unpaired) electrons. The second-order valence-corrected chi connectivity index (χ2v) is 10.5. The summed E-state index contributed by atoms with van der Waals surface area (Å²) in [6, 6.07) is 13.4. The molecule has 168 valence electrons. The zero-order valence-electron chi connectivity index (χ0n) is 18.3. The zero-order valence-corrected chi connectivity index (χ0v) is 19.1. The first-order chi connectivity index (χ1) is 14.6. The predicted molar refractivity (Wildman–Crippen MR) is 120 cm³/mol. The van der Waals surface area contributed by atoms with Gasteiger partial charge in [0.15, 0.2) is 0 Å². The number of sulfonamides is 1. The van der Waals surface area contributed by atoms with Gasteiger partial charge in [0.2, 0.25) is 15.9 Å². The summed E-state index contributed by atoms with van der Waals surface area (Å²) in [5, 5.41) is 0. The molecular formula is C23H30FN3O3S. The number of nitrogens with one attached hydrogen (secondary N) is 1. The third-order valence-electron chi connectivity index (χ3n) is 5.49. The maximum atomic E-state index is 13.9. The van der Waals surface area contributed by atoms with E-state index in [0.717, 1.165) is 5.56 Å². The first kappa shape index (κ1) is 23.2. The molecule has 0 aliphatic carbocycles. The van der Waals surface area contributed by atoms with Crippen molar-refractivity contribution in [2.24, 2.45) is 0 Å². The van der Waals surface area contributed by atoms with E-state index in [1.807, 2.05) is 17.0 Å². The number of para-hydroxylation sites is 1. The van der Waals surface area contributed by atoms with Gasteiger partial charge >= 0.3 is 0 Å². The van der Waals surface area contributed by atoms with E-state index >= 15 is 0 Å². The SMILES string of the molecule is CC(C)(C)c1ccc(S(=O)(=O)NCCC(=O)N2CCN(c3ccccc3F)CC2)cc1. The number of carbonyl (C=O) groups excluding carboxylic acids is 1. The summed E-state index contributed by atoms with van der Waals surface area (Å²) in [6.07, 6.45) is 0.0823. The quantitative estimate of drug-likeness (QED) is 0.739. The highest BCUT2D eigenvalue weighted by Crippen LogP contribution is 2.23. The molecule has 1 aliphatic rings. The van der Waals surface area contributed by atoms with E-state index in [2.05, 4.69) is 25.5 Å². The van der Waals surface area contributed by atoms with Gasteiger partial charge in [0, 0.05) is 39.1 Å². The van der Waals surface area contributed by atoms with Gasteiger partial charge < -0.3 is 9.80 Å². The van der Waals surface area contributed by atoms with E-state index in [1.165, 1.54) is 6.07 Å². The fraction of sp³-hybridized carbons (Fsp3) is 0.435. The Kier molecular flexibility index (Phi) is 7.01. The number of anilines is 1. The normalized spacial score (nSPS) is 15.2. The minimum atomic E-state index is -3.67. The van der Waals surface area contributed by atoms with Gasteiger partial charge in [-0.1, -0.05) is 45.0 Å². The van der Waals surface area contributed by atoms with Crippen LogP contribution in [0.15, 0.2) is 53.4 Å². The molecule has 1 fully saturated rings. The number of piperazine rings is 1. The molecule has 0 saturated carbocycles. The third-order valence-corrected chi connectivity index (χ3v) is 6.96. The van der Waals surface area contributed by atoms with E-state index < -0.39 is 10.0 Å². The van der Waals surface area contributed by atoms with Gasteiger partial charge in [-0.25, -0.2) is 17.5 Å². The number of carbonyl (C=O) groups is 1. The fourth-order valence-electron chi connectivity index (χ4n) is 3.57. The molecule has 1 N–H and O–H groups in total. The minimum Gasteiger partial charge on any atom is -0.366 e. The Morgan fingerprint density at radius 3 is 2.19 bits per heavy atom. The molecule has 2 aromatic rings. The van der Waals surface area contributed by atoms with Crippen LogP contribution in [0.2, 0.25) is 0 Å². The molecule has 1 saturated heterocycles. The van der Waals surface area contributed by atoms with Gasteiger partial charge in [-0.3, -0.25) is 4.79 Å². The van der Waals surface area contributed by atoms with Crippen LogP contribution in [0.3, 0.4) is 0 Å². The fourth-order valence-corrected chi connectivity index (χ4v) is 4.60. The number of rotatable bonds is 6. The van der Waals surface area contributed by atoms with Gasteiger partial charge in [-0.05, 0) is 35.2 Å². The Morgan fingerprint density at radius 2 is 1.61 bits per heavy atom. The van der Waals surface area contributed by atoms with Gasteiger partial charge in [-0.15, -0.1) is 0 Å². The van der Waals surface area contributed by atoms with Crippen molar-refractivity contribution in [3.05, 3.63) is 59.9 Å². The second kappa shape index (κ2) is 9.36. The monoisotopic (exact) mass is 447 g/mol. The Morgan fingerprint density at radius 1 is 1.00 bits per heavy atom. The Hall–Kier alpha value is -2.45. The topological polar surface area (TPSA) is 69.7 Å². The van der Waals surface area contributed by atoms with Crippen molar-refractivity contribution in [3.63, 3.8) is 0 Å².